The Kier molecular flexibility index (Phi) is 3.59. The summed E-state index contributed by atoms with van der Waals surface area (Å²) in [6.07, 6.45) is 0. The van der Waals surface area contributed by atoms with Crippen molar-refractivity contribution in [3.05, 3.63) is 10.7 Å². The Morgan fingerprint density at radius 2 is 2.27 bits per heavy atom. The van der Waals surface area contributed by atoms with E-state index in [0.29, 0.717) is 0 Å². The van der Waals surface area contributed by atoms with Crippen LogP contribution in [0.2, 0.25) is 0 Å². The molecule has 0 saturated carbocycles. The first kappa shape index (κ1) is 8.74. The Hall–Kier alpha value is -0.350. The van der Waals surface area contributed by atoms with Gasteiger partial charge in [-0.3, -0.25) is 4.99 Å². The molecule has 1 aromatic rings. The SMILES string of the molecule is CCN=c1cc(NCC)ss1. The minimum atomic E-state index is 0.874. The van der Waals surface area contributed by atoms with Crippen LogP contribution >= 0.6 is 20.7 Å². The monoisotopic (exact) mass is 188 g/mol. The number of rotatable bonds is 3. The molecule has 1 heterocycles. The van der Waals surface area contributed by atoms with Gasteiger partial charge in [0.05, 0.1) is 0 Å². The zero-order valence-electron chi connectivity index (χ0n) is 6.76. The highest BCUT2D eigenvalue weighted by Gasteiger charge is 1.91. The van der Waals surface area contributed by atoms with Gasteiger partial charge in [-0.2, -0.15) is 0 Å². The van der Waals surface area contributed by atoms with Gasteiger partial charge in [0, 0.05) is 19.2 Å². The lowest BCUT2D eigenvalue weighted by Crippen LogP contribution is -1.96. The van der Waals surface area contributed by atoms with Crippen LogP contribution in [-0.4, -0.2) is 13.1 Å². The third-order valence-electron chi connectivity index (χ3n) is 1.14. The standard InChI is InChI=1S/C7H12N2S2/c1-3-8-6-5-7(9-4-2)11-10-6/h5,8H,3-4H2,1-2H3. The average molecular weight is 188 g/mol. The number of anilines is 1. The van der Waals surface area contributed by atoms with Gasteiger partial charge in [-0.25, -0.2) is 0 Å². The van der Waals surface area contributed by atoms with Crippen LogP contribution in [0.25, 0.3) is 0 Å². The van der Waals surface area contributed by atoms with Crippen molar-refractivity contribution in [2.45, 2.75) is 13.8 Å². The van der Waals surface area contributed by atoms with Crippen molar-refractivity contribution < 1.29 is 0 Å². The zero-order chi connectivity index (χ0) is 8.10. The highest BCUT2D eigenvalue weighted by Crippen LogP contribution is 2.15. The summed E-state index contributed by atoms with van der Waals surface area (Å²) >= 11 is 0. The molecular formula is C7H12N2S2. The van der Waals surface area contributed by atoms with Gasteiger partial charge in [-0.1, -0.05) is 20.7 Å². The third kappa shape index (κ3) is 2.63. The Morgan fingerprint density at radius 3 is 2.91 bits per heavy atom. The fraction of sp³-hybridized carbons (Fsp3) is 0.571. The summed E-state index contributed by atoms with van der Waals surface area (Å²) in [5.41, 5.74) is 0. The summed E-state index contributed by atoms with van der Waals surface area (Å²) in [5.74, 6) is 0. The lowest BCUT2D eigenvalue weighted by molar-refractivity contribution is 1.08. The highest BCUT2D eigenvalue weighted by molar-refractivity contribution is 7.70. The number of hydrogen-bond acceptors (Lipinski definition) is 4. The minimum absolute atomic E-state index is 0.874. The van der Waals surface area contributed by atoms with E-state index >= 15 is 0 Å². The Bertz CT molecular complexity index is 261. The fourth-order valence-corrected chi connectivity index (χ4v) is 2.84. The van der Waals surface area contributed by atoms with Crippen molar-refractivity contribution >= 4 is 25.7 Å². The normalized spacial score (nSPS) is 12.0. The first-order valence-corrected chi connectivity index (χ1v) is 5.86. The second kappa shape index (κ2) is 4.51. The molecule has 0 radical (unpaired) electrons. The van der Waals surface area contributed by atoms with Crippen LogP contribution in [0.15, 0.2) is 11.1 Å². The first-order chi connectivity index (χ1) is 5.36. The van der Waals surface area contributed by atoms with Crippen LogP contribution in [0.1, 0.15) is 13.8 Å². The van der Waals surface area contributed by atoms with Gasteiger partial charge in [0.2, 0.25) is 0 Å². The predicted octanol–water partition coefficient (Wildman–Crippen LogP) is 2.16. The van der Waals surface area contributed by atoms with Gasteiger partial charge in [0.25, 0.3) is 0 Å². The molecule has 0 aliphatic carbocycles. The van der Waals surface area contributed by atoms with Crippen molar-refractivity contribution in [3.8, 4) is 0 Å². The Morgan fingerprint density at radius 1 is 1.45 bits per heavy atom. The van der Waals surface area contributed by atoms with E-state index in [9.17, 15) is 0 Å². The molecule has 0 aliphatic rings. The Balaban J connectivity index is 2.73. The van der Waals surface area contributed by atoms with E-state index in [1.807, 2.05) is 0 Å². The summed E-state index contributed by atoms with van der Waals surface area (Å²) in [5, 5.41) is 4.48. The molecule has 2 nitrogen and oxygen atoms in total. The molecule has 4 heteroatoms. The van der Waals surface area contributed by atoms with Crippen LogP contribution in [0.5, 0.6) is 0 Å². The van der Waals surface area contributed by atoms with E-state index in [1.165, 1.54) is 5.00 Å². The van der Waals surface area contributed by atoms with Crippen LogP contribution < -0.4 is 9.99 Å². The molecule has 1 rings (SSSR count). The predicted molar refractivity (Wildman–Crippen MR) is 52.5 cm³/mol. The van der Waals surface area contributed by atoms with Crippen molar-refractivity contribution in [2.24, 2.45) is 4.99 Å². The van der Waals surface area contributed by atoms with Crippen LogP contribution in [0, 0.1) is 0 Å². The average Bonchev–Trinajstić information content (AvgIpc) is 2.38. The molecule has 0 amide bonds. The number of nitrogens with zero attached hydrogens (tertiary/aromatic N) is 1. The van der Waals surface area contributed by atoms with Crippen LogP contribution in [0.3, 0.4) is 0 Å². The lowest BCUT2D eigenvalue weighted by atomic mass is 10.6. The molecule has 0 fully saturated rings. The van der Waals surface area contributed by atoms with E-state index in [4.69, 9.17) is 0 Å². The molecule has 0 unspecified atom stereocenters. The molecule has 0 aliphatic heterocycles. The summed E-state index contributed by atoms with van der Waals surface area (Å²) in [4.78, 5) is 4.30. The van der Waals surface area contributed by atoms with E-state index in [1.54, 1.807) is 20.7 Å². The Labute approximate surface area is 74.0 Å². The van der Waals surface area contributed by atoms with Crippen LogP contribution in [-0.2, 0) is 0 Å². The molecule has 0 spiro atoms. The molecule has 62 valence electrons. The second-order valence-corrected chi connectivity index (χ2v) is 4.21. The molecule has 0 atom stereocenters. The first-order valence-electron chi connectivity index (χ1n) is 3.71. The summed E-state index contributed by atoms with van der Waals surface area (Å²) < 4.78 is 1.13. The topological polar surface area (TPSA) is 24.4 Å². The van der Waals surface area contributed by atoms with E-state index in [0.717, 1.165) is 17.8 Å². The molecule has 0 aromatic carbocycles. The second-order valence-electron chi connectivity index (χ2n) is 2.02. The van der Waals surface area contributed by atoms with Gasteiger partial charge < -0.3 is 5.32 Å². The van der Waals surface area contributed by atoms with Gasteiger partial charge >= 0.3 is 0 Å². The quantitative estimate of drug-likeness (QED) is 0.722. The molecule has 1 aromatic heterocycles. The van der Waals surface area contributed by atoms with Gasteiger partial charge in [-0.05, 0) is 13.8 Å². The molecule has 1 N–H and O–H groups in total. The summed E-state index contributed by atoms with van der Waals surface area (Å²) in [6.45, 7) is 6.01. The van der Waals surface area contributed by atoms with E-state index < -0.39 is 0 Å². The fourth-order valence-electron chi connectivity index (χ4n) is 0.730. The number of hydrogen-bond donors (Lipinski definition) is 1. The molecular weight excluding hydrogens is 176 g/mol. The van der Waals surface area contributed by atoms with Gasteiger partial charge in [0.1, 0.15) is 9.67 Å². The van der Waals surface area contributed by atoms with Crippen molar-refractivity contribution in [2.75, 3.05) is 18.4 Å². The van der Waals surface area contributed by atoms with Crippen LogP contribution in [0.4, 0.5) is 5.00 Å². The molecule has 0 bridgehead atoms. The van der Waals surface area contributed by atoms with E-state index in [-0.39, 0.29) is 0 Å². The largest absolute Gasteiger partial charge is 0.376 e. The summed E-state index contributed by atoms with van der Waals surface area (Å²) in [7, 11) is 3.48. The van der Waals surface area contributed by atoms with Crippen molar-refractivity contribution in [1.29, 1.82) is 0 Å². The number of nitrogens with one attached hydrogen (secondary N) is 1. The maximum Gasteiger partial charge on any atom is 0.123 e. The zero-order valence-corrected chi connectivity index (χ0v) is 8.39. The summed E-state index contributed by atoms with van der Waals surface area (Å²) in [6, 6.07) is 2.10. The van der Waals surface area contributed by atoms with Crippen molar-refractivity contribution in [1.82, 2.24) is 0 Å². The highest BCUT2D eigenvalue weighted by atomic mass is 32.9. The van der Waals surface area contributed by atoms with Gasteiger partial charge in [0.15, 0.2) is 0 Å². The smallest absolute Gasteiger partial charge is 0.123 e. The molecule has 11 heavy (non-hydrogen) atoms. The minimum Gasteiger partial charge on any atom is -0.376 e. The maximum atomic E-state index is 4.30. The van der Waals surface area contributed by atoms with Gasteiger partial charge in [-0.15, -0.1) is 0 Å². The molecule has 0 saturated heterocycles. The maximum absolute atomic E-state index is 4.30. The van der Waals surface area contributed by atoms with Crippen molar-refractivity contribution in [3.63, 3.8) is 0 Å². The lowest BCUT2D eigenvalue weighted by Gasteiger charge is -1.92. The third-order valence-corrected chi connectivity index (χ3v) is 3.38. The van der Waals surface area contributed by atoms with E-state index in [2.05, 4.69) is 30.2 Å².